The lowest BCUT2D eigenvalue weighted by Gasteiger charge is -2.10. The van der Waals surface area contributed by atoms with E-state index < -0.39 is 6.29 Å². The number of rotatable bonds is 5. The van der Waals surface area contributed by atoms with Crippen molar-refractivity contribution in [1.82, 2.24) is 4.98 Å². The molecular weight excluding hydrogens is 232 g/mol. The number of nitrogens with zero attached hydrogens (tertiary/aromatic N) is 3. The lowest BCUT2D eigenvalue weighted by Crippen LogP contribution is -3.13. The number of aliphatic hydroxyl groups excluding tert-OH is 1. The predicted molar refractivity (Wildman–Crippen MR) is 67.2 cm³/mol. The molecular formula is C12H17N4O2+. The topological polar surface area (TPSA) is 82.5 Å². The van der Waals surface area contributed by atoms with Gasteiger partial charge in [0, 0.05) is 18.8 Å². The fraction of sp³-hybridized carbons (Fsp3) is 0.417. The van der Waals surface area contributed by atoms with Crippen molar-refractivity contribution in [3.05, 3.63) is 30.1 Å². The number of quaternary nitrogens is 1. The summed E-state index contributed by atoms with van der Waals surface area (Å²) in [6.45, 7) is 0. The Morgan fingerprint density at radius 3 is 2.83 bits per heavy atom. The van der Waals surface area contributed by atoms with E-state index in [4.69, 9.17) is 10.2 Å². The number of aliphatic hydroxyl groups is 2. The molecule has 1 aromatic rings. The summed E-state index contributed by atoms with van der Waals surface area (Å²) in [5.74, 6) is 1.76. The maximum Gasteiger partial charge on any atom is 0.260 e. The van der Waals surface area contributed by atoms with Crippen LogP contribution < -0.4 is 4.90 Å². The van der Waals surface area contributed by atoms with E-state index in [1.807, 2.05) is 19.2 Å². The van der Waals surface area contributed by atoms with Gasteiger partial charge in [-0.15, -0.1) is 0 Å². The summed E-state index contributed by atoms with van der Waals surface area (Å²) >= 11 is 0. The molecule has 96 valence electrons. The van der Waals surface area contributed by atoms with Crippen LogP contribution in [-0.4, -0.2) is 40.2 Å². The van der Waals surface area contributed by atoms with Crippen LogP contribution in [0.3, 0.4) is 0 Å². The normalized spacial score (nSPS) is 19.0. The first-order chi connectivity index (χ1) is 8.68. The molecule has 0 saturated heterocycles. The molecule has 1 aliphatic rings. The minimum Gasteiger partial charge on any atom is -0.368 e. The quantitative estimate of drug-likeness (QED) is 0.595. The van der Waals surface area contributed by atoms with Crippen LogP contribution in [0.25, 0.3) is 0 Å². The van der Waals surface area contributed by atoms with Crippen molar-refractivity contribution in [3.8, 4) is 0 Å². The van der Waals surface area contributed by atoms with Gasteiger partial charge in [0.25, 0.3) is 5.84 Å². The Labute approximate surface area is 105 Å². The number of pyridine rings is 1. The second-order valence-corrected chi connectivity index (χ2v) is 4.23. The number of hydrogen-bond acceptors (Lipinski definition) is 5. The van der Waals surface area contributed by atoms with Crippen LogP contribution in [0.1, 0.15) is 24.8 Å². The Balaban J connectivity index is 1.93. The molecule has 0 saturated carbocycles. The number of nitrogens with one attached hydrogen (secondary N) is 1. The van der Waals surface area contributed by atoms with E-state index in [0.717, 1.165) is 22.1 Å². The van der Waals surface area contributed by atoms with Crippen molar-refractivity contribution in [2.24, 2.45) is 10.2 Å². The third-order valence-corrected chi connectivity index (χ3v) is 2.87. The standard InChI is InChI=1S/C12H16N4O2/c1-16-10(5-2-6-11(17)18)14-15-12(16)9-4-3-7-13-8-9/h3-4,7-8,11,17-18H,2,5-6H2,1H3/p+1. The van der Waals surface area contributed by atoms with E-state index in [1.54, 1.807) is 12.4 Å². The van der Waals surface area contributed by atoms with Gasteiger partial charge in [0.15, 0.2) is 6.29 Å². The Morgan fingerprint density at radius 1 is 1.33 bits per heavy atom. The van der Waals surface area contributed by atoms with Gasteiger partial charge in [-0.1, -0.05) is 10.2 Å². The molecule has 2 heterocycles. The third kappa shape index (κ3) is 2.98. The summed E-state index contributed by atoms with van der Waals surface area (Å²) in [6, 6.07) is 3.82. The fourth-order valence-corrected chi connectivity index (χ4v) is 1.86. The molecule has 3 N–H and O–H groups in total. The van der Waals surface area contributed by atoms with Gasteiger partial charge in [-0.3, -0.25) is 4.98 Å². The molecule has 0 spiro atoms. The minimum atomic E-state index is -1.24. The molecule has 0 radical (unpaired) electrons. The largest absolute Gasteiger partial charge is 0.368 e. The van der Waals surface area contributed by atoms with E-state index in [2.05, 4.69) is 15.2 Å². The average Bonchev–Trinajstić information content (AvgIpc) is 2.72. The molecule has 0 bridgehead atoms. The van der Waals surface area contributed by atoms with Crippen molar-refractivity contribution >= 4 is 11.7 Å². The first-order valence-corrected chi connectivity index (χ1v) is 5.94. The number of aromatic nitrogens is 1. The molecule has 1 aliphatic heterocycles. The lowest BCUT2D eigenvalue weighted by molar-refractivity contribution is -0.672. The molecule has 1 atom stereocenters. The van der Waals surface area contributed by atoms with Gasteiger partial charge in [0.2, 0.25) is 5.84 Å². The smallest absolute Gasteiger partial charge is 0.260 e. The van der Waals surface area contributed by atoms with E-state index in [9.17, 15) is 0 Å². The van der Waals surface area contributed by atoms with Crippen LogP contribution in [0.5, 0.6) is 0 Å². The zero-order valence-electron chi connectivity index (χ0n) is 10.2. The number of amidine groups is 2. The summed E-state index contributed by atoms with van der Waals surface area (Å²) in [7, 11) is 1.98. The maximum atomic E-state index is 8.79. The van der Waals surface area contributed by atoms with Crippen molar-refractivity contribution < 1.29 is 15.1 Å². The first-order valence-electron chi connectivity index (χ1n) is 5.94. The van der Waals surface area contributed by atoms with E-state index >= 15 is 0 Å². The van der Waals surface area contributed by atoms with Gasteiger partial charge < -0.3 is 10.2 Å². The Kier molecular flexibility index (Phi) is 4.14. The molecule has 0 amide bonds. The highest BCUT2D eigenvalue weighted by Gasteiger charge is 2.26. The second-order valence-electron chi connectivity index (χ2n) is 4.23. The van der Waals surface area contributed by atoms with Crippen molar-refractivity contribution in [2.75, 3.05) is 7.05 Å². The van der Waals surface area contributed by atoms with Crippen LogP contribution in [0.2, 0.25) is 0 Å². The minimum absolute atomic E-state index is 0.356. The van der Waals surface area contributed by atoms with Crippen molar-refractivity contribution in [1.29, 1.82) is 0 Å². The lowest BCUT2D eigenvalue weighted by atomic mass is 10.2. The van der Waals surface area contributed by atoms with Crippen LogP contribution >= 0.6 is 0 Å². The monoisotopic (exact) mass is 249 g/mol. The van der Waals surface area contributed by atoms with Gasteiger partial charge in [0.1, 0.15) is 0 Å². The third-order valence-electron chi connectivity index (χ3n) is 2.87. The highest BCUT2D eigenvalue weighted by molar-refractivity contribution is 6.00. The number of hydrogen-bond donors (Lipinski definition) is 3. The summed E-state index contributed by atoms with van der Waals surface area (Å²) < 4.78 is 0. The van der Waals surface area contributed by atoms with Crippen molar-refractivity contribution in [3.63, 3.8) is 0 Å². The molecule has 1 unspecified atom stereocenters. The summed E-state index contributed by atoms with van der Waals surface area (Å²) in [4.78, 5) is 5.10. The Morgan fingerprint density at radius 2 is 2.17 bits per heavy atom. The van der Waals surface area contributed by atoms with Gasteiger partial charge in [0.05, 0.1) is 12.6 Å². The van der Waals surface area contributed by atoms with Crippen LogP contribution in [-0.2, 0) is 0 Å². The highest BCUT2D eigenvalue weighted by atomic mass is 16.5. The molecule has 6 heteroatoms. The molecule has 18 heavy (non-hydrogen) atoms. The van der Waals surface area contributed by atoms with Crippen LogP contribution in [0, 0.1) is 0 Å². The summed E-state index contributed by atoms with van der Waals surface area (Å²) in [5.41, 5.74) is 0.955. The SMILES string of the molecule is C[NH+]1C(CCCC(O)O)=NN=C1c1cccnc1. The second kappa shape index (κ2) is 5.81. The van der Waals surface area contributed by atoms with E-state index in [0.29, 0.717) is 19.3 Å². The zero-order valence-corrected chi connectivity index (χ0v) is 10.2. The molecule has 2 rings (SSSR count). The zero-order chi connectivity index (χ0) is 13.0. The summed E-state index contributed by atoms with van der Waals surface area (Å²) in [5, 5.41) is 25.9. The molecule has 0 fully saturated rings. The van der Waals surface area contributed by atoms with Crippen LogP contribution in [0.4, 0.5) is 0 Å². The molecule has 6 nitrogen and oxygen atoms in total. The van der Waals surface area contributed by atoms with E-state index in [-0.39, 0.29) is 0 Å². The Bertz CT molecular complexity index is 456. The predicted octanol–water partition coefficient (Wildman–Crippen LogP) is -0.849. The molecule has 0 aliphatic carbocycles. The summed E-state index contributed by atoms with van der Waals surface area (Å²) in [6.07, 6.45) is 3.98. The highest BCUT2D eigenvalue weighted by Crippen LogP contribution is 2.03. The van der Waals surface area contributed by atoms with E-state index in [1.165, 1.54) is 0 Å². The molecule has 1 aromatic heterocycles. The van der Waals surface area contributed by atoms with Crippen molar-refractivity contribution in [2.45, 2.75) is 25.6 Å². The first kappa shape index (κ1) is 12.8. The van der Waals surface area contributed by atoms with Crippen LogP contribution in [0.15, 0.2) is 34.7 Å². The molecule has 0 aromatic carbocycles. The average molecular weight is 249 g/mol. The Hall–Kier alpha value is -1.63. The van der Waals surface area contributed by atoms with Gasteiger partial charge in [-0.25, -0.2) is 4.90 Å². The fourth-order valence-electron chi connectivity index (χ4n) is 1.86. The van der Waals surface area contributed by atoms with Gasteiger partial charge in [-0.2, -0.15) is 0 Å². The maximum absolute atomic E-state index is 8.79. The van der Waals surface area contributed by atoms with Gasteiger partial charge >= 0.3 is 0 Å². The van der Waals surface area contributed by atoms with Gasteiger partial charge in [-0.05, 0) is 25.0 Å².